The topological polar surface area (TPSA) is 82.0 Å². The van der Waals surface area contributed by atoms with E-state index in [2.05, 4.69) is 10.3 Å². The Balaban J connectivity index is 1.86. The summed E-state index contributed by atoms with van der Waals surface area (Å²) in [6.07, 6.45) is 1.79. The molecular weight excluding hydrogens is 362 g/mol. The van der Waals surface area contributed by atoms with E-state index in [0.29, 0.717) is 15.8 Å². The van der Waals surface area contributed by atoms with Crippen molar-refractivity contribution in [2.24, 2.45) is 4.99 Å². The van der Waals surface area contributed by atoms with Gasteiger partial charge in [-0.1, -0.05) is 18.2 Å². The quantitative estimate of drug-likeness (QED) is 0.790. The van der Waals surface area contributed by atoms with Gasteiger partial charge in [-0.05, 0) is 60.2 Å². The number of thioether (sulfide) groups is 1. The van der Waals surface area contributed by atoms with Gasteiger partial charge in [0.1, 0.15) is 0 Å². The zero-order valence-corrected chi connectivity index (χ0v) is 16.0. The first-order chi connectivity index (χ1) is 12.8. The van der Waals surface area contributed by atoms with Crippen molar-refractivity contribution in [2.75, 3.05) is 19.0 Å². The summed E-state index contributed by atoms with van der Waals surface area (Å²) in [5.74, 6) is -1.31. The molecule has 2 N–H and O–H groups in total. The predicted octanol–water partition coefficient (Wildman–Crippen LogP) is 3.65. The number of nitrogens with one attached hydrogen (secondary N) is 1. The van der Waals surface area contributed by atoms with E-state index in [1.54, 1.807) is 18.2 Å². The minimum Gasteiger partial charge on any atom is -0.478 e. The minimum atomic E-state index is -1.06. The number of carboxylic acids is 1. The van der Waals surface area contributed by atoms with E-state index in [1.165, 1.54) is 17.8 Å². The number of amidine groups is 1. The number of aliphatic imine (C=N–C) groups is 1. The Bertz CT molecular complexity index is 963. The number of anilines is 1. The molecule has 0 saturated carbocycles. The van der Waals surface area contributed by atoms with Gasteiger partial charge in [0, 0.05) is 19.8 Å². The first-order valence-corrected chi connectivity index (χ1v) is 9.06. The van der Waals surface area contributed by atoms with Crippen LogP contribution in [-0.4, -0.2) is 36.2 Å². The van der Waals surface area contributed by atoms with Gasteiger partial charge in [0.15, 0.2) is 5.17 Å². The second-order valence-corrected chi connectivity index (χ2v) is 7.32. The Kier molecular flexibility index (Phi) is 5.32. The van der Waals surface area contributed by atoms with Crippen molar-refractivity contribution in [1.29, 1.82) is 0 Å². The number of aryl methyl sites for hydroxylation is 1. The Hall–Kier alpha value is -3.06. The van der Waals surface area contributed by atoms with E-state index < -0.39 is 5.97 Å². The molecule has 1 heterocycles. The molecule has 0 atom stereocenters. The van der Waals surface area contributed by atoms with Crippen molar-refractivity contribution < 1.29 is 14.7 Å². The Morgan fingerprint density at radius 3 is 2.52 bits per heavy atom. The minimum absolute atomic E-state index is 0.0969. The zero-order valence-electron chi connectivity index (χ0n) is 15.2. The van der Waals surface area contributed by atoms with E-state index in [9.17, 15) is 14.7 Å². The van der Waals surface area contributed by atoms with Crippen molar-refractivity contribution >= 4 is 46.3 Å². The molecule has 3 rings (SSSR count). The predicted molar refractivity (Wildman–Crippen MR) is 110 cm³/mol. The number of hydrogen-bond acceptors (Lipinski definition) is 5. The summed E-state index contributed by atoms with van der Waals surface area (Å²) in [5.41, 5.74) is 3.29. The number of aromatic carboxylic acids is 1. The normalized spacial score (nSPS) is 16.6. The van der Waals surface area contributed by atoms with Gasteiger partial charge in [0.05, 0.1) is 16.2 Å². The summed E-state index contributed by atoms with van der Waals surface area (Å²) in [6, 6.07) is 12.8. The standard InChI is InChI=1S/C20H19N3O3S/c1-12-4-9-15(19(25)26)16(10-12)21-20-22-18(24)17(27-20)11-13-5-7-14(8-6-13)23(2)3/h4-11H,1-3H3,(H,25,26)(H,21,22,24)/b17-11-. The van der Waals surface area contributed by atoms with Gasteiger partial charge < -0.3 is 15.3 Å². The van der Waals surface area contributed by atoms with Crippen LogP contribution in [0.2, 0.25) is 0 Å². The molecule has 27 heavy (non-hydrogen) atoms. The molecule has 2 aromatic rings. The van der Waals surface area contributed by atoms with Crippen LogP contribution in [-0.2, 0) is 4.79 Å². The lowest BCUT2D eigenvalue weighted by molar-refractivity contribution is -0.115. The highest BCUT2D eigenvalue weighted by Gasteiger charge is 2.24. The number of benzene rings is 2. The number of carboxylic acid groups (broad SMARTS) is 1. The Morgan fingerprint density at radius 2 is 1.89 bits per heavy atom. The fourth-order valence-corrected chi connectivity index (χ4v) is 3.36. The van der Waals surface area contributed by atoms with Gasteiger partial charge in [-0.2, -0.15) is 0 Å². The summed E-state index contributed by atoms with van der Waals surface area (Å²) in [7, 11) is 3.93. The van der Waals surface area contributed by atoms with Crippen LogP contribution in [0.15, 0.2) is 52.4 Å². The SMILES string of the molecule is Cc1ccc(C(=O)O)c(N=C2NC(=O)/C(=C/c3ccc(N(C)C)cc3)S2)c1. The summed E-state index contributed by atoms with van der Waals surface area (Å²) in [4.78, 5) is 30.5. The van der Waals surface area contributed by atoms with Crippen molar-refractivity contribution in [3.05, 3.63) is 64.1 Å². The largest absolute Gasteiger partial charge is 0.478 e. The second-order valence-electron chi connectivity index (χ2n) is 6.29. The number of carbonyl (C=O) groups excluding carboxylic acids is 1. The van der Waals surface area contributed by atoms with Crippen molar-refractivity contribution in [2.45, 2.75) is 6.92 Å². The average Bonchev–Trinajstić information content (AvgIpc) is 2.94. The Labute approximate surface area is 161 Å². The molecule has 7 heteroatoms. The number of amides is 1. The lowest BCUT2D eigenvalue weighted by Gasteiger charge is -2.11. The second kappa shape index (κ2) is 7.67. The van der Waals surface area contributed by atoms with Crippen molar-refractivity contribution in [3.63, 3.8) is 0 Å². The first-order valence-electron chi connectivity index (χ1n) is 8.24. The molecule has 0 aromatic heterocycles. The zero-order chi connectivity index (χ0) is 19.6. The molecule has 6 nitrogen and oxygen atoms in total. The lowest BCUT2D eigenvalue weighted by Crippen LogP contribution is -2.19. The number of hydrogen-bond donors (Lipinski definition) is 2. The molecule has 1 amide bonds. The highest BCUT2D eigenvalue weighted by molar-refractivity contribution is 8.18. The fraction of sp³-hybridized carbons (Fsp3) is 0.150. The molecule has 1 fully saturated rings. The van der Waals surface area contributed by atoms with E-state index in [4.69, 9.17) is 0 Å². The van der Waals surface area contributed by atoms with Crippen LogP contribution in [0.4, 0.5) is 11.4 Å². The summed E-state index contributed by atoms with van der Waals surface area (Å²) in [5, 5.41) is 12.4. The van der Waals surface area contributed by atoms with Crippen LogP contribution in [0.5, 0.6) is 0 Å². The van der Waals surface area contributed by atoms with E-state index in [1.807, 2.05) is 50.2 Å². The smallest absolute Gasteiger partial charge is 0.337 e. The molecule has 0 aliphatic carbocycles. The third kappa shape index (κ3) is 4.38. The van der Waals surface area contributed by atoms with Crippen LogP contribution < -0.4 is 10.2 Å². The molecule has 0 unspecified atom stereocenters. The summed E-state index contributed by atoms with van der Waals surface area (Å²) < 4.78 is 0. The number of nitrogens with zero attached hydrogens (tertiary/aromatic N) is 2. The van der Waals surface area contributed by atoms with Gasteiger partial charge in [0.25, 0.3) is 5.91 Å². The van der Waals surface area contributed by atoms with Crippen LogP contribution in [0.3, 0.4) is 0 Å². The molecule has 1 aliphatic heterocycles. The molecule has 138 valence electrons. The third-order valence-electron chi connectivity index (χ3n) is 3.96. The van der Waals surface area contributed by atoms with Gasteiger partial charge in [-0.3, -0.25) is 4.79 Å². The van der Waals surface area contributed by atoms with Crippen molar-refractivity contribution in [1.82, 2.24) is 5.32 Å². The molecule has 0 bridgehead atoms. The van der Waals surface area contributed by atoms with Gasteiger partial charge in [-0.25, -0.2) is 9.79 Å². The van der Waals surface area contributed by atoms with Gasteiger partial charge >= 0.3 is 5.97 Å². The van der Waals surface area contributed by atoms with E-state index in [-0.39, 0.29) is 11.5 Å². The number of rotatable bonds is 4. The van der Waals surface area contributed by atoms with Crippen molar-refractivity contribution in [3.8, 4) is 0 Å². The molecular formula is C20H19N3O3S. The first kappa shape index (κ1) is 18.7. The maximum atomic E-state index is 12.2. The average molecular weight is 381 g/mol. The van der Waals surface area contributed by atoms with E-state index >= 15 is 0 Å². The van der Waals surface area contributed by atoms with Gasteiger partial charge in [-0.15, -0.1) is 0 Å². The van der Waals surface area contributed by atoms with Crippen LogP contribution in [0.25, 0.3) is 6.08 Å². The molecule has 0 spiro atoms. The van der Waals surface area contributed by atoms with Gasteiger partial charge in [0.2, 0.25) is 0 Å². The van der Waals surface area contributed by atoms with Crippen LogP contribution >= 0.6 is 11.8 Å². The third-order valence-corrected chi connectivity index (χ3v) is 4.87. The fourth-order valence-electron chi connectivity index (χ4n) is 2.53. The lowest BCUT2D eigenvalue weighted by atomic mass is 10.1. The highest BCUT2D eigenvalue weighted by Crippen LogP contribution is 2.30. The monoisotopic (exact) mass is 381 g/mol. The maximum Gasteiger partial charge on any atom is 0.337 e. The number of carbonyl (C=O) groups is 2. The molecule has 0 radical (unpaired) electrons. The molecule has 1 saturated heterocycles. The molecule has 1 aliphatic rings. The van der Waals surface area contributed by atoms with E-state index in [0.717, 1.165) is 16.8 Å². The highest BCUT2D eigenvalue weighted by atomic mass is 32.2. The summed E-state index contributed by atoms with van der Waals surface area (Å²) in [6.45, 7) is 1.86. The Morgan fingerprint density at radius 1 is 1.19 bits per heavy atom. The van der Waals surface area contributed by atoms with Crippen LogP contribution in [0, 0.1) is 6.92 Å². The van der Waals surface area contributed by atoms with Crippen LogP contribution in [0.1, 0.15) is 21.5 Å². The maximum absolute atomic E-state index is 12.2. The summed E-state index contributed by atoms with van der Waals surface area (Å²) >= 11 is 1.19. The molecule has 2 aromatic carbocycles.